The highest BCUT2D eigenvalue weighted by atomic mass is 19.4. The third-order valence-corrected chi connectivity index (χ3v) is 2.15. The summed E-state index contributed by atoms with van der Waals surface area (Å²) in [5.74, 6) is 0.256. The van der Waals surface area contributed by atoms with Gasteiger partial charge in [-0.25, -0.2) is 4.98 Å². The highest BCUT2D eigenvalue weighted by Crippen LogP contribution is 2.19. The first-order chi connectivity index (χ1) is 7.21. The first kappa shape index (κ1) is 12.5. The van der Waals surface area contributed by atoms with Gasteiger partial charge in [0.2, 0.25) is 0 Å². The molecule has 0 aliphatic heterocycles. The molecule has 0 bridgehead atoms. The van der Waals surface area contributed by atoms with E-state index in [0.29, 0.717) is 5.69 Å². The molecule has 1 heterocycles. The largest absolute Gasteiger partial charge is 0.506 e. The van der Waals surface area contributed by atoms with Crippen molar-refractivity contribution in [3.8, 4) is 0 Å². The molecule has 0 saturated carbocycles. The van der Waals surface area contributed by atoms with Crippen molar-refractivity contribution in [2.45, 2.75) is 20.4 Å². The lowest BCUT2D eigenvalue weighted by Crippen LogP contribution is -2.30. The topological polar surface area (TPSA) is 34.9 Å². The molecule has 0 spiro atoms. The van der Waals surface area contributed by atoms with Crippen molar-refractivity contribution in [1.29, 1.82) is 0 Å². The highest BCUT2D eigenvalue weighted by Gasteiger charge is 2.27. The van der Waals surface area contributed by atoms with Gasteiger partial charge in [0.15, 0.2) is 0 Å². The molecule has 0 aliphatic rings. The summed E-state index contributed by atoms with van der Waals surface area (Å²) in [7, 11) is 0. The van der Waals surface area contributed by atoms with E-state index in [-0.39, 0.29) is 5.82 Å². The molecule has 16 heavy (non-hydrogen) atoms. The monoisotopic (exact) mass is 231 g/mol. The minimum absolute atomic E-state index is 0.256. The maximum absolute atomic E-state index is 12.3. The minimum atomic E-state index is -5.12. The molecular formula is C9H11BF3N2O-. The molecule has 0 fully saturated rings. The van der Waals surface area contributed by atoms with Gasteiger partial charge >= 0.3 is 6.98 Å². The van der Waals surface area contributed by atoms with E-state index in [0.717, 1.165) is 4.57 Å². The van der Waals surface area contributed by atoms with E-state index in [1.54, 1.807) is 6.92 Å². The first-order valence-corrected chi connectivity index (χ1v) is 4.64. The molecule has 0 unspecified atom stereocenters. The van der Waals surface area contributed by atoms with Gasteiger partial charge in [-0.3, -0.25) is 9.36 Å². The van der Waals surface area contributed by atoms with Crippen LogP contribution in [0.25, 0.3) is 0 Å². The van der Waals surface area contributed by atoms with E-state index in [4.69, 9.17) is 0 Å². The maximum atomic E-state index is 12.3. The zero-order valence-electron chi connectivity index (χ0n) is 9.01. The standard InChI is InChI=1S/C9H11BF3N2O/c1-6(10(11,12)13)5-15-8(3)14-7(2)4-9(15)16/h4H,1,5H2,2-3H3/q-1. The molecule has 1 rings (SSSR count). The summed E-state index contributed by atoms with van der Waals surface area (Å²) >= 11 is 0. The minimum Gasteiger partial charge on any atom is -0.445 e. The summed E-state index contributed by atoms with van der Waals surface area (Å²) in [5.41, 5.74) is -0.913. The van der Waals surface area contributed by atoms with E-state index in [2.05, 4.69) is 11.6 Å². The van der Waals surface area contributed by atoms with Crippen LogP contribution in [0.3, 0.4) is 0 Å². The van der Waals surface area contributed by atoms with Gasteiger partial charge in [-0.1, -0.05) is 0 Å². The van der Waals surface area contributed by atoms with Crippen molar-refractivity contribution >= 4 is 6.98 Å². The van der Waals surface area contributed by atoms with Crippen molar-refractivity contribution in [2.24, 2.45) is 0 Å². The molecule has 0 N–H and O–H groups in total. The zero-order valence-corrected chi connectivity index (χ0v) is 9.01. The third kappa shape index (κ3) is 2.74. The van der Waals surface area contributed by atoms with Crippen molar-refractivity contribution < 1.29 is 12.9 Å². The number of allylic oxidation sites excluding steroid dienone is 1. The van der Waals surface area contributed by atoms with Crippen LogP contribution in [0.15, 0.2) is 22.9 Å². The Kier molecular flexibility index (Phi) is 3.25. The second-order valence-corrected chi connectivity index (χ2v) is 3.60. The Bertz CT molecular complexity index is 479. The lowest BCUT2D eigenvalue weighted by Gasteiger charge is -2.19. The fourth-order valence-corrected chi connectivity index (χ4v) is 1.26. The van der Waals surface area contributed by atoms with Crippen LogP contribution < -0.4 is 5.56 Å². The van der Waals surface area contributed by atoms with Gasteiger partial charge in [0.25, 0.3) is 5.56 Å². The lowest BCUT2D eigenvalue weighted by atomic mass is 9.80. The SMILES string of the molecule is C=C(Cn1c(C)nc(C)cc1=O)[B-](F)(F)F. The number of aromatic nitrogens is 2. The van der Waals surface area contributed by atoms with Gasteiger partial charge in [-0.2, -0.15) is 0 Å². The predicted octanol–water partition coefficient (Wildman–Crippen LogP) is 1.80. The molecule has 1 aromatic heterocycles. The molecule has 1 aromatic rings. The number of hydrogen-bond donors (Lipinski definition) is 0. The average molecular weight is 231 g/mol. The Morgan fingerprint density at radius 3 is 2.50 bits per heavy atom. The van der Waals surface area contributed by atoms with Gasteiger partial charge in [0.05, 0.1) is 0 Å². The molecule has 0 radical (unpaired) electrons. The molecule has 0 aromatic carbocycles. The van der Waals surface area contributed by atoms with Crippen LogP contribution in [0.2, 0.25) is 0 Å². The Morgan fingerprint density at radius 2 is 2.06 bits per heavy atom. The van der Waals surface area contributed by atoms with Crippen molar-refractivity contribution in [3.05, 3.63) is 40.0 Å². The number of nitrogens with zero attached hydrogens (tertiary/aromatic N) is 2. The molecule has 88 valence electrons. The van der Waals surface area contributed by atoms with E-state index in [1.165, 1.54) is 13.0 Å². The normalized spacial score (nSPS) is 11.6. The molecule has 0 amide bonds. The Balaban J connectivity index is 3.08. The van der Waals surface area contributed by atoms with Gasteiger partial charge in [0.1, 0.15) is 5.82 Å². The molecular weight excluding hydrogens is 220 g/mol. The van der Waals surface area contributed by atoms with Gasteiger partial charge in [-0.05, 0) is 13.8 Å². The quantitative estimate of drug-likeness (QED) is 0.743. The van der Waals surface area contributed by atoms with Crippen LogP contribution in [-0.4, -0.2) is 16.5 Å². The van der Waals surface area contributed by atoms with Crippen LogP contribution in [0.4, 0.5) is 12.9 Å². The van der Waals surface area contributed by atoms with Gasteiger partial charge in [0, 0.05) is 18.3 Å². The van der Waals surface area contributed by atoms with Gasteiger partial charge in [-0.15, -0.1) is 12.1 Å². The third-order valence-electron chi connectivity index (χ3n) is 2.15. The van der Waals surface area contributed by atoms with Crippen molar-refractivity contribution in [1.82, 2.24) is 9.55 Å². The fourth-order valence-electron chi connectivity index (χ4n) is 1.26. The molecule has 0 aliphatic carbocycles. The Morgan fingerprint density at radius 1 is 1.50 bits per heavy atom. The number of halogens is 3. The summed E-state index contributed by atoms with van der Waals surface area (Å²) in [4.78, 5) is 15.4. The van der Waals surface area contributed by atoms with Crippen molar-refractivity contribution in [2.75, 3.05) is 0 Å². The number of rotatable bonds is 3. The lowest BCUT2D eigenvalue weighted by molar-refractivity contribution is 0.480. The molecule has 0 saturated heterocycles. The second kappa shape index (κ2) is 4.15. The maximum Gasteiger partial charge on any atom is 0.506 e. The first-order valence-electron chi connectivity index (χ1n) is 4.64. The summed E-state index contributed by atoms with van der Waals surface area (Å²) in [5, 5.41) is 0. The van der Waals surface area contributed by atoms with Crippen molar-refractivity contribution in [3.63, 3.8) is 0 Å². The molecule has 3 nitrogen and oxygen atoms in total. The van der Waals surface area contributed by atoms with Crippen LogP contribution >= 0.6 is 0 Å². The second-order valence-electron chi connectivity index (χ2n) is 3.60. The Labute approximate surface area is 90.7 Å². The average Bonchev–Trinajstić information content (AvgIpc) is 2.08. The number of aryl methyl sites for hydroxylation is 2. The smallest absolute Gasteiger partial charge is 0.445 e. The predicted molar refractivity (Wildman–Crippen MR) is 56.2 cm³/mol. The van der Waals surface area contributed by atoms with Crippen LogP contribution in [-0.2, 0) is 6.54 Å². The highest BCUT2D eigenvalue weighted by molar-refractivity contribution is 6.66. The van der Waals surface area contributed by atoms with Crippen LogP contribution in [0.1, 0.15) is 11.5 Å². The van der Waals surface area contributed by atoms with Crippen LogP contribution in [0, 0.1) is 13.8 Å². The molecule has 0 atom stereocenters. The van der Waals surface area contributed by atoms with E-state index in [1.807, 2.05) is 0 Å². The van der Waals surface area contributed by atoms with Crippen LogP contribution in [0.5, 0.6) is 0 Å². The zero-order chi connectivity index (χ0) is 12.5. The van der Waals surface area contributed by atoms with E-state index in [9.17, 15) is 17.7 Å². The Hall–Kier alpha value is -1.53. The summed E-state index contributed by atoms with van der Waals surface area (Å²) in [6.07, 6.45) is 0. The summed E-state index contributed by atoms with van der Waals surface area (Å²) in [6.45, 7) is 0.373. The van der Waals surface area contributed by atoms with E-state index >= 15 is 0 Å². The van der Waals surface area contributed by atoms with Gasteiger partial charge < -0.3 is 12.9 Å². The number of hydrogen-bond acceptors (Lipinski definition) is 2. The van der Waals surface area contributed by atoms with E-state index < -0.39 is 24.6 Å². The molecule has 7 heteroatoms. The fraction of sp³-hybridized carbons (Fsp3) is 0.333. The summed E-state index contributed by atoms with van der Waals surface area (Å²) in [6, 6.07) is 1.20. The summed E-state index contributed by atoms with van der Waals surface area (Å²) < 4.78 is 37.9.